The Labute approximate surface area is 300 Å². The van der Waals surface area contributed by atoms with Gasteiger partial charge in [-0.1, -0.05) is 13.8 Å². The van der Waals surface area contributed by atoms with Crippen LogP contribution in [-0.2, 0) is 59.6 Å². The van der Waals surface area contributed by atoms with E-state index in [2.05, 4.69) is 14.9 Å². The van der Waals surface area contributed by atoms with Crippen molar-refractivity contribution >= 4 is 29.8 Å². The lowest BCUT2D eigenvalue weighted by atomic mass is 10.1. The number of carboxylic acid groups (broad SMARTS) is 2. The molecular weight excluding hydrogens is 664 g/mol. The topological polar surface area (TPSA) is 216 Å². The molecule has 0 aliphatic rings. The molecule has 2 aromatic heterocycles. The van der Waals surface area contributed by atoms with Crippen molar-refractivity contribution < 1.29 is 43.7 Å². The SMILES string of the molecule is C.CN(CCn1ccnc1CN(CCCC[C@H](N)C(=O)O)Cc1nccn1CC(=O)N(CC(=O)OC(C)(C)C)CC(=O)OC(C)(C)C)CC(=O)O. The Morgan fingerprint density at radius 1 is 0.824 bits per heavy atom. The number of rotatable bonds is 21. The maximum Gasteiger partial charge on any atom is 0.326 e. The fourth-order valence-corrected chi connectivity index (χ4v) is 4.89. The summed E-state index contributed by atoms with van der Waals surface area (Å²) in [5.74, 6) is -2.57. The van der Waals surface area contributed by atoms with E-state index in [9.17, 15) is 24.0 Å². The van der Waals surface area contributed by atoms with E-state index in [1.165, 1.54) is 0 Å². The molecule has 0 saturated carbocycles. The second kappa shape index (κ2) is 20.5. The average molecular weight is 723 g/mol. The first-order chi connectivity index (χ1) is 23.2. The van der Waals surface area contributed by atoms with Gasteiger partial charge in [-0.05, 0) is 68.0 Å². The van der Waals surface area contributed by atoms with Gasteiger partial charge in [0.1, 0.15) is 48.5 Å². The number of carbonyl (C=O) groups is 5. The Bertz CT molecular complexity index is 1400. The highest BCUT2D eigenvalue weighted by Crippen LogP contribution is 2.14. The summed E-state index contributed by atoms with van der Waals surface area (Å²) < 4.78 is 14.4. The predicted octanol–water partition coefficient (Wildman–Crippen LogP) is 1.83. The summed E-state index contributed by atoms with van der Waals surface area (Å²) >= 11 is 0. The number of carboxylic acids is 2. The summed E-state index contributed by atoms with van der Waals surface area (Å²) in [5, 5.41) is 18.3. The number of hydrogen-bond donors (Lipinski definition) is 3. The van der Waals surface area contributed by atoms with Crippen LogP contribution in [0, 0.1) is 0 Å². The largest absolute Gasteiger partial charge is 0.480 e. The number of unbranched alkanes of at least 4 members (excludes halogenated alkanes) is 1. The van der Waals surface area contributed by atoms with Crippen LogP contribution in [0.25, 0.3) is 0 Å². The molecular formula is C34H58N8O9. The molecule has 51 heavy (non-hydrogen) atoms. The standard InChI is InChI=1S/C33H54N8O9.CH4/c1-32(2,3)49-29(45)22-41(23-30(46)50-33(4,5)6)27(42)20-40-15-12-36-26(40)19-38(13-9-8-10-24(34)31(47)48)18-25-35-11-14-39(25)17-16-37(7)21-28(43)44;/h11-12,14-15,24H,8-10,13,16-23,34H2,1-7H3,(H,43,44)(H,47,48);1H4/t24-;/m0./s1. The Morgan fingerprint density at radius 3 is 1.82 bits per heavy atom. The molecule has 0 aliphatic carbocycles. The molecule has 0 aromatic carbocycles. The highest BCUT2D eigenvalue weighted by molar-refractivity contribution is 5.86. The zero-order valence-corrected chi connectivity index (χ0v) is 30.3. The molecule has 0 saturated heterocycles. The summed E-state index contributed by atoms with van der Waals surface area (Å²) in [6, 6.07) is -0.959. The van der Waals surface area contributed by atoms with Crippen LogP contribution in [0.1, 0.15) is 79.9 Å². The lowest BCUT2D eigenvalue weighted by molar-refractivity contribution is -0.164. The highest BCUT2D eigenvalue weighted by atomic mass is 16.6. The molecule has 2 rings (SSSR count). The van der Waals surface area contributed by atoms with Crippen molar-refractivity contribution in [3.8, 4) is 0 Å². The van der Waals surface area contributed by atoms with Gasteiger partial charge in [0.05, 0.1) is 19.6 Å². The minimum absolute atomic E-state index is 0. The van der Waals surface area contributed by atoms with Gasteiger partial charge < -0.3 is 39.5 Å². The van der Waals surface area contributed by atoms with E-state index in [1.54, 1.807) is 76.6 Å². The molecule has 0 radical (unpaired) electrons. The van der Waals surface area contributed by atoms with Crippen molar-refractivity contribution in [3.63, 3.8) is 0 Å². The number of nitrogens with zero attached hydrogens (tertiary/aromatic N) is 7. The molecule has 2 aromatic rings. The first-order valence-corrected chi connectivity index (χ1v) is 16.5. The van der Waals surface area contributed by atoms with E-state index in [-0.39, 0.29) is 27.1 Å². The quantitative estimate of drug-likeness (QED) is 0.124. The monoisotopic (exact) mass is 722 g/mol. The number of likely N-dealkylation sites (N-methyl/N-ethyl adjacent to an activating group) is 1. The van der Waals surface area contributed by atoms with Crippen LogP contribution in [0.2, 0.25) is 0 Å². The number of carbonyl (C=O) groups excluding carboxylic acids is 3. The smallest absolute Gasteiger partial charge is 0.326 e. The van der Waals surface area contributed by atoms with Crippen molar-refractivity contribution in [1.29, 1.82) is 0 Å². The number of ether oxygens (including phenoxy) is 2. The molecule has 288 valence electrons. The van der Waals surface area contributed by atoms with Gasteiger partial charge >= 0.3 is 23.9 Å². The van der Waals surface area contributed by atoms with Gasteiger partial charge in [0.15, 0.2) is 0 Å². The summed E-state index contributed by atoms with van der Waals surface area (Å²) in [7, 11) is 1.72. The molecule has 2 heterocycles. The molecule has 0 bridgehead atoms. The number of aromatic nitrogens is 4. The number of imidazole rings is 2. The first-order valence-electron chi connectivity index (χ1n) is 16.5. The Morgan fingerprint density at radius 2 is 1.33 bits per heavy atom. The normalized spacial score (nSPS) is 12.4. The lowest BCUT2D eigenvalue weighted by Crippen LogP contribution is -2.44. The number of amides is 1. The van der Waals surface area contributed by atoms with Crippen LogP contribution in [0.4, 0.5) is 0 Å². The van der Waals surface area contributed by atoms with Gasteiger partial charge in [-0.15, -0.1) is 0 Å². The van der Waals surface area contributed by atoms with Crippen molar-refractivity contribution in [2.24, 2.45) is 5.73 Å². The van der Waals surface area contributed by atoms with E-state index in [1.807, 2.05) is 10.8 Å². The maximum atomic E-state index is 13.6. The number of nitrogens with two attached hydrogens (primary N) is 1. The summed E-state index contributed by atoms with van der Waals surface area (Å²) in [5.41, 5.74) is 4.11. The van der Waals surface area contributed by atoms with Crippen LogP contribution in [-0.4, -0.2) is 131 Å². The molecule has 4 N–H and O–H groups in total. The van der Waals surface area contributed by atoms with Crippen LogP contribution in [0.5, 0.6) is 0 Å². The Kier molecular flexibility index (Phi) is 17.9. The summed E-state index contributed by atoms with van der Waals surface area (Å²) in [6.07, 6.45) is 8.17. The van der Waals surface area contributed by atoms with Crippen LogP contribution in [0.3, 0.4) is 0 Å². The molecule has 0 aliphatic heterocycles. The maximum absolute atomic E-state index is 13.6. The number of hydrogen-bond acceptors (Lipinski definition) is 12. The molecule has 0 spiro atoms. The van der Waals surface area contributed by atoms with Crippen molar-refractivity contribution in [2.45, 2.75) is 112 Å². The van der Waals surface area contributed by atoms with Gasteiger partial charge in [-0.25, -0.2) is 9.97 Å². The van der Waals surface area contributed by atoms with Gasteiger partial charge in [0, 0.05) is 37.9 Å². The number of esters is 2. The summed E-state index contributed by atoms with van der Waals surface area (Å²) in [6.45, 7) is 11.2. The van der Waals surface area contributed by atoms with E-state index in [0.717, 1.165) is 10.7 Å². The van der Waals surface area contributed by atoms with E-state index in [4.69, 9.17) is 25.4 Å². The third-order valence-electron chi connectivity index (χ3n) is 7.16. The van der Waals surface area contributed by atoms with E-state index < -0.39 is 60.1 Å². The molecule has 1 atom stereocenters. The minimum Gasteiger partial charge on any atom is -0.480 e. The third-order valence-corrected chi connectivity index (χ3v) is 7.16. The van der Waals surface area contributed by atoms with E-state index >= 15 is 0 Å². The molecule has 17 nitrogen and oxygen atoms in total. The van der Waals surface area contributed by atoms with Gasteiger partial charge in [0.25, 0.3) is 0 Å². The first kappa shape index (κ1) is 44.7. The molecule has 0 unspecified atom stereocenters. The third kappa shape index (κ3) is 17.9. The zero-order valence-electron chi connectivity index (χ0n) is 30.3. The second-order valence-electron chi connectivity index (χ2n) is 14.2. The van der Waals surface area contributed by atoms with Crippen molar-refractivity contribution in [3.05, 3.63) is 36.4 Å². The molecule has 1 amide bonds. The van der Waals surface area contributed by atoms with E-state index in [0.29, 0.717) is 51.3 Å². The van der Waals surface area contributed by atoms with Crippen molar-refractivity contribution in [2.75, 3.05) is 39.8 Å². The Hall–Kier alpha value is -4.35. The van der Waals surface area contributed by atoms with Crippen LogP contribution >= 0.6 is 0 Å². The van der Waals surface area contributed by atoms with Crippen molar-refractivity contribution in [1.82, 2.24) is 33.8 Å². The molecule has 0 fully saturated rings. The fraction of sp³-hybridized carbons (Fsp3) is 0.676. The highest BCUT2D eigenvalue weighted by Gasteiger charge is 2.27. The van der Waals surface area contributed by atoms with Gasteiger partial charge in [0.2, 0.25) is 5.91 Å². The fourth-order valence-electron chi connectivity index (χ4n) is 4.89. The summed E-state index contributed by atoms with van der Waals surface area (Å²) in [4.78, 5) is 75.1. The average Bonchev–Trinajstić information content (AvgIpc) is 3.59. The second-order valence-corrected chi connectivity index (χ2v) is 14.2. The van der Waals surface area contributed by atoms with Crippen LogP contribution in [0.15, 0.2) is 24.8 Å². The lowest BCUT2D eigenvalue weighted by Gasteiger charge is -2.27. The predicted molar refractivity (Wildman–Crippen MR) is 188 cm³/mol. The Balaban J connectivity index is 0.0000130. The zero-order chi connectivity index (χ0) is 37.6. The minimum atomic E-state index is -1.06. The number of aliphatic carboxylic acids is 2. The van der Waals surface area contributed by atoms with Crippen LogP contribution < -0.4 is 5.73 Å². The molecule has 17 heteroatoms. The van der Waals surface area contributed by atoms with Gasteiger partial charge in [-0.2, -0.15) is 0 Å². The van der Waals surface area contributed by atoms with Gasteiger partial charge in [-0.3, -0.25) is 33.8 Å².